The predicted octanol–water partition coefficient (Wildman–Crippen LogP) is 1.78. The summed E-state index contributed by atoms with van der Waals surface area (Å²) in [6, 6.07) is 1.33. The summed E-state index contributed by atoms with van der Waals surface area (Å²) >= 11 is 0. The largest absolute Gasteiger partial charge is 0.381 e. The molecule has 100 valence electrons. The molecule has 2 aliphatic rings. The lowest BCUT2D eigenvalue weighted by Gasteiger charge is -2.52. The van der Waals surface area contributed by atoms with Crippen molar-refractivity contribution in [3.05, 3.63) is 0 Å². The molecule has 1 aliphatic carbocycles. The molecule has 2 fully saturated rings. The third kappa shape index (κ3) is 2.83. The molecule has 1 aliphatic heterocycles. The number of hydrogen-bond donors (Lipinski definition) is 2. The lowest BCUT2D eigenvalue weighted by Crippen LogP contribution is -2.61. The van der Waals surface area contributed by atoms with Gasteiger partial charge in [0.25, 0.3) is 0 Å². The van der Waals surface area contributed by atoms with Crippen molar-refractivity contribution < 1.29 is 4.74 Å². The average Bonchev–Trinajstić information content (AvgIpc) is 2.28. The number of hydrogen-bond acceptors (Lipinski definition) is 3. The van der Waals surface area contributed by atoms with Gasteiger partial charge >= 0.3 is 0 Å². The fourth-order valence-electron chi connectivity index (χ4n) is 3.36. The number of ether oxygens (including phenoxy) is 1. The first-order valence-electron chi connectivity index (χ1n) is 7.03. The van der Waals surface area contributed by atoms with Crippen molar-refractivity contribution in [1.82, 2.24) is 10.6 Å². The van der Waals surface area contributed by atoms with Crippen LogP contribution in [0.2, 0.25) is 0 Å². The molecule has 17 heavy (non-hydrogen) atoms. The van der Waals surface area contributed by atoms with Gasteiger partial charge in [0.15, 0.2) is 0 Å². The van der Waals surface area contributed by atoms with Gasteiger partial charge in [-0.05, 0) is 45.2 Å². The lowest BCUT2D eigenvalue weighted by atomic mass is 9.64. The van der Waals surface area contributed by atoms with Crippen LogP contribution in [0.4, 0.5) is 0 Å². The van der Waals surface area contributed by atoms with Crippen molar-refractivity contribution in [2.45, 2.75) is 58.2 Å². The molecule has 0 bridgehead atoms. The van der Waals surface area contributed by atoms with Gasteiger partial charge in [-0.15, -0.1) is 0 Å². The highest BCUT2D eigenvalue weighted by atomic mass is 16.5. The molecule has 2 N–H and O–H groups in total. The minimum absolute atomic E-state index is 0.299. The lowest BCUT2D eigenvalue weighted by molar-refractivity contribution is -0.0983. The molecular formula is C14H28N2O. The molecule has 0 aromatic rings. The molecule has 2 rings (SSSR count). The summed E-state index contributed by atoms with van der Waals surface area (Å²) in [5, 5.41) is 7.27. The maximum Gasteiger partial charge on any atom is 0.0652 e. The van der Waals surface area contributed by atoms with Crippen LogP contribution in [0.25, 0.3) is 0 Å². The third-order valence-electron chi connectivity index (χ3n) is 4.85. The Morgan fingerprint density at radius 3 is 2.71 bits per heavy atom. The van der Waals surface area contributed by atoms with Crippen LogP contribution in [-0.2, 0) is 4.74 Å². The zero-order chi connectivity index (χ0) is 12.5. The second-order valence-electron chi connectivity index (χ2n) is 6.49. The molecule has 1 heterocycles. The van der Waals surface area contributed by atoms with E-state index in [9.17, 15) is 0 Å². The Morgan fingerprint density at radius 1 is 1.35 bits per heavy atom. The Kier molecular flexibility index (Phi) is 4.11. The molecule has 1 saturated carbocycles. The molecule has 0 amide bonds. The van der Waals surface area contributed by atoms with Crippen molar-refractivity contribution >= 4 is 0 Å². The zero-order valence-corrected chi connectivity index (χ0v) is 11.8. The molecular weight excluding hydrogens is 212 g/mol. The molecule has 3 nitrogen and oxygen atoms in total. The number of rotatable bonds is 4. The van der Waals surface area contributed by atoms with Gasteiger partial charge in [0.05, 0.1) is 6.10 Å². The quantitative estimate of drug-likeness (QED) is 0.786. The third-order valence-corrected chi connectivity index (χ3v) is 4.85. The summed E-state index contributed by atoms with van der Waals surface area (Å²) in [6.07, 6.45) is 4.24. The summed E-state index contributed by atoms with van der Waals surface area (Å²) in [5.41, 5.74) is 0.299. The van der Waals surface area contributed by atoms with E-state index in [4.69, 9.17) is 4.74 Å². The molecule has 0 aromatic carbocycles. The molecule has 0 aromatic heterocycles. The van der Waals surface area contributed by atoms with Crippen LogP contribution in [0.15, 0.2) is 0 Å². The van der Waals surface area contributed by atoms with Gasteiger partial charge in [-0.3, -0.25) is 0 Å². The SMILES string of the molecule is COC1CC(NCC2CCNC(C)C2)C1(C)C. The maximum absolute atomic E-state index is 5.49. The van der Waals surface area contributed by atoms with Crippen molar-refractivity contribution in [2.24, 2.45) is 11.3 Å². The van der Waals surface area contributed by atoms with Crippen molar-refractivity contribution in [3.63, 3.8) is 0 Å². The van der Waals surface area contributed by atoms with E-state index in [2.05, 4.69) is 31.4 Å². The first kappa shape index (κ1) is 13.3. The van der Waals surface area contributed by atoms with Crippen LogP contribution in [0.1, 0.15) is 40.0 Å². The smallest absolute Gasteiger partial charge is 0.0652 e. The average molecular weight is 240 g/mol. The normalized spacial score (nSPS) is 40.9. The van der Waals surface area contributed by atoms with Crippen molar-refractivity contribution in [1.29, 1.82) is 0 Å². The van der Waals surface area contributed by atoms with E-state index in [0.29, 0.717) is 23.6 Å². The first-order valence-corrected chi connectivity index (χ1v) is 7.03. The van der Waals surface area contributed by atoms with E-state index >= 15 is 0 Å². The van der Waals surface area contributed by atoms with Crippen LogP contribution in [0.5, 0.6) is 0 Å². The van der Waals surface area contributed by atoms with Gasteiger partial charge in [0, 0.05) is 24.6 Å². The fourth-order valence-corrected chi connectivity index (χ4v) is 3.36. The Hall–Kier alpha value is -0.120. The van der Waals surface area contributed by atoms with Gasteiger partial charge in [-0.1, -0.05) is 13.8 Å². The highest BCUT2D eigenvalue weighted by Gasteiger charge is 2.48. The number of methoxy groups -OCH3 is 1. The summed E-state index contributed by atoms with van der Waals surface area (Å²) in [6.45, 7) is 9.28. The van der Waals surface area contributed by atoms with Gasteiger partial charge < -0.3 is 15.4 Å². The highest BCUT2D eigenvalue weighted by molar-refractivity contribution is 5.02. The summed E-state index contributed by atoms with van der Waals surface area (Å²) in [5.74, 6) is 0.851. The van der Waals surface area contributed by atoms with Crippen LogP contribution >= 0.6 is 0 Å². The van der Waals surface area contributed by atoms with Gasteiger partial charge in [0.1, 0.15) is 0 Å². The minimum Gasteiger partial charge on any atom is -0.381 e. The predicted molar refractivity (Wildman–Crippen MR) is 71.2 cm³/mol. The van der Waals surface area contributed by atoms with E-state index in [1.165, 1.54) is 32.4 Å². The van der Waals surface area contributed by atoms with Crippen molar-refractivity contribution in [2.75, 3.05) is 20.2 Å². The summed E-state index contributed by atoms with van der Waals surface area (Å²) in [7, 11) is 1.83. The summed E-state index contributed by atoms with van der Waals surface area (Å²) < 4.78 is 5.49. The second-order valence-corrected chi connectivity index (χ2v) is 6.49. The summed E-state index contributed by atoms with van der Waals surface area (Å²) in [4.78, 5) is 0. The monoisotopic (exact) mass is 240 g/mol. The zero-order valence-electron chi connectivity index (χ0n) is 11.8. The van der Waals surface area contributed by atoms with Crippen LogP contribution in [0, 0.1) is 11.3 Å². The highest BCUT2D eigenvalue weighted by Crippen LogP contribution is 2.42. The number of nitrogens with one attached hydrogen (secondary N) is 2. The van der Waals surface area contributed by atoms with Crippen molar-refractivity contribution in [3.8, 4) is 0 Å². The van der Waals surface area contributed by atoms with Gasteiger partial charge in [-0.2, -0.15) is 0 Å². The number of piperidine rings is 1. The van der Waals surface area contributed by atoms with E-state index < -0.39 is 0 Å². The van der Waals surface area contributed by atoms with Crippen LogP contribution in [0.3, 0.4) is 0 Å². The molecule has 4 atom stereocenters. The Labute approximate surface area is 106 Å². The molecule has 0 spiro atoms. The van der Waals surface area contributed by atoms with Crippen LogP contribution < -0.4 is 10.6 Å². The Bertz CT molecular complexity index is 255. The van der Waals surface area contributed by atoms with Crippen LogP contribution in [-0.4, -0.2) is 38.4 Å². The van der Waals surface area contributed by atoms with Gasteiger partial charge in [0.2, 0.25) is 0 Å². The topological polar surface area (TPSA) is 33.3 Å². The minimum atomic E-state index is 0.299. The van der Waals surface area contributed by atoms with E-state index in [1.54, 1.807) is 0 Å². The molecule has 0 radical (unpaired) electrons. The molecule has 4 unspecified atom stereocenters. The Morgan fingerprint density at radius 2 is 2.12 bits per heavy atom. The standard InChI is InChI=1S/C14H28N2O/c1-10-7-11(5-6-15-10)9-16-12-8-13(17-4)14(12,2)3/h10-13,15-16H,5-9H2,1-4H3. The second kappa shape index (κ2) is 5.25. The maximum atomic E-state index is 5.49. The van der Waals surface area contributed by atoms with E-state index in [-0.39, 0.29) is 0 Å². The van der Waals surface area contributed by atoms with E-state index in [1.807, 2.05) is 7.11 Å². The molecule has 3 heteroatoms. The fraction of sp³-hybridized carbons (Fsp3) is 1.00. The Balaban J connectivity index is 1.72. The van der Waals surface area contributed by atoms with Gasteiger partial charge in [-0.25, -0.2) is 0 Å². The first-order chi connectivity index (χ1) is 8.04. The van der Waals surface area contributed by atoms with E-state index in [0.717, 1.165) is 5.92 Å². The molecule has 1 saturated heterocycles.